The molecule has 0 aliphatic heterocycles. The molecule has 0 amide bonds. The van der Waals surface area contributed by atoms with E-state index in [1.54, 1.807) is 19.1 Å². The zero-order valence-electron chi connectivity index (χ0n) is 9.04. The van der Waals surface area contributed by atoms with E-state index in [-0.39, 0.29) is 5.82 Å². The van der Waals surface area contributed by atoms with Crippen molar-refractivity contribution in [2.45, 2.75) is 19.2 Å². The second-order valence-electron chi connectivity index (χ2n) is 3.57. The molecule has 0 fully saturated rings. The van der Waals surface area contributed by atoms with Crippen LogP contribution in [0.2, 0.25) is 0 Å². The lowest BCUT2D eigenvalue weighted by molar-refractivity contribution is 0.596. The van der Waals surface area contributed by atoms with Crippen LogP contribution < -0.4 is 0 Å². The largest absolute Gasteiger partial charge is 0.215 e. The van der Waals surface area contributed by atoms with Gasteiger partial charge in [-0.25, -0.2) is 9.07 Å². The normalized spacial score (nSPS) is 10.8. The van der Waals surface area contributed by atoms with Crippen molar-refractivity contribution in [3.05, 3.63) is 41.0 Å². The number of rotatable bonds is 2. The highest BCUT2D eigenvalue weighted by Crippen LogP contribution is 2.19. The van der Waals surface area contributed by atoms with Gasteiger partial charge in [-0.2, -0.15) is 0 Å². The topological polar surface area (TPSA) is 30.7 Å². The van der Waals surface area contributed by atoms with Gasteiger partial charge in [-0.15, -0.1) is 5.10 Å². The van der Waals surface area contributed by atoms with Crippen molar-refractivity contribution in [1.82, 2.24) is 15.0 Å². The minimum Gasteiger partial charge on any atom is -0.215 e. The summed E-state index contributed by atoms with van der Waals surface area (Å²) in [5.74, 6) is -0.253. The van der Waals surface area contributed by atoms with Crippen molar-refractivity contribution in [3.63, 3.8) is 0 Å². The first-order chi connectivity index (χ1) is 7.65. The van der Waals surface area contributed by atoms with E-state index in [9.17, 15) is 4.39 Å². The van der Waals surface area contributed by atoms with Crippen LogP contribution in [-0.2, 0) is 5.33 Å². The Bertz CT molecular complexity index is 522. The Morgan fingerprint density at radius 3 is 2.75 bits per heavy atom. The van der Waals surface area contributed by atoms with Crippen LogP contribution in [0.3, 0.4) is 0 Å². The van der Waals surface area contributed by atoms with E-state index in [2.05, 4.69) is 26.2 Å². The van der Waals surface area contributed by atoms with Crippen molar-refractivity contribution in [2.75, 3.05) is 0 Å². The number of benzene rings is 1. The smallest absolute Gasteiger partial charge is 0.151 e. The van der Waals surface area contributed by atoms with Crippen molar-refractivity contribution >= 4 is 15.9 Å². The molecule has 0 bridgehead atoms. The maximum Gasteiger partial charge on any atom is 0.151 e. The first-order valence-corrected chi connectivity index (χ1v) is 6.00. The van der Waals surface area contributed by atoms with Gasteiger partial charge in [-0.3, -0.25) is 0 Å². The SMILES string of the molecule is Cc1cccc(-n2nnc(CBr)c2C)c1F. The predicted octanol–water partition coefficient (Wildman–Crippen LogP) is 2.92. The maximum absolute atomic E-state index is 13.9. The molecule has 3 nitrogen and oxygen atoms in total. The molecule has 0 saturated heterocycles. The molecular formula is C11H11BrFN3. The molecule has 1 aromatic carbocycles. The molecule has 2 rings (SSSR count). The lowest BCUT2D eigenvalue weighted by atomic mass is 10.2. The molecule has 2 aromatic rings. The number of aromatic nitrogens is 3. The minimum absolute atomic E-state index is 0.253. The van der Waals surface area contributed by atoms with E-state index in [0.717, 1.165) is 11.4 Å². The highest BCUT2D eigenvalue weighted by Gasteiger charge is 2.13. The highest BCUT2D eigenvalue weighted by molar-refractivity contribution is 9.08. The molecule has 5 heteroatoms. The van der Waals surface area contributed by atoms with Gasteiger partial charge in [0, 0.05) is 5.33 Å². The molecule has 1 aromatic heterocycles. The van der Waals surface area contributed by atoms with Crippen molar-refractivity contribution < 1.29 is 4.39 Å². The van der Waals surface area contributed by atoms with Crippen LogP contribution >= 0.6 is 15.9 Å². The third-order valence-electron chi connectivity index (χ3n) is 2.52. The Morgan fingerprint density at radius 2 is 2.12 bits per heavy atom. The summed E-state index contributed by atoms with van der Waals surface area (Å²) in [6, 6.07) is 5.24. The fourth-order valence-electron chi connectivity index (χ4n) is 1.51. The second kappa shape index (κ2) is 4.33. The summed E-state index contributed by atoms with van der Waals surface area (Å²) in [7, 11) is 0. The van der Waals surface area contributed by atoms with Gasteiger partial charge in [0.15, 0.2) is 5.82 Å². The van der Waals surface area contributed by atoms with E-state index in [1.807, 2.05) is 13.0 Å². The Kier molecular flexibility index (Phi) is 3.05. The second-order valence-corrected chi connectivity index (χ2v) is 4.14. The third kappa shape index (κ3) is 1.75. The molecule has 0 atom stereocenters. The van der Waals surface area contributed by atoms with E-state index in [0.29, 0.717) is 16.6 Å². The summed E-state index contributed by atoms with van der Waals surface area (Å²) in [5.41, 5.74) is 2.72. The Labute approximate surface area is 101 Å². The molecule has 0 saturated carbocycles. The minimum atomic E-state index is -0.253. The zero-order chi connectivity index (χ0) is 11.7. The van der Waals surface area contributed by atoms with Gasteiger partial charge in [-0.1, -0.05) is 33.3 Å². The van der Waals surface area contributed by atoms with E-state index in [1.165, 1.54) is 4.68 Å². The summed E-state index contributed by atoms with van der Waals surface area (Å²) < 4.78 is 15.4. The fourth-order valence-corrected chi connectivity index (χ4v) is 2.03. The Morgan fingerprint density at radius 1 is 1.38 bits per heavy atom. The lowest BCUT2D eigenvalue weighted by Gasteiger charge is -2.06. The van der Waals surface area contributed by atoms with Gasteiger partial charge >= 0.3 is 0 Å². The molecule has 0 aliphatic rings. The lowest BCUT2D eigenvalue weighted by Crippen LogP contribution is -2.03. The van der Waals surface area contributed by atoms with Crippen LogP contribution in [0.5, 0.6) is 0 Å². The number of alkyl halides is 1. The average molecular weight is 284 g/mol. The van der Waals surface area contributed by atoms with Gasteiger partial charge in [0.2, 0.25) is 0 Å². The number of aryl methyl sites for hydroxylation is 1. The van der Waals surface area contributed by atoms with Gasteiger partial charge in [0.05, 0.1) is 11.4 Å². The summed E-state index contributed by atoms with van der Waals surface area (Å²) in [4.78, 5) is 0. The predicted molar refractivity (Wildman–Crippen MR) is 63.4 cm³/mol. The summed E-state index contributed by atoms with van der Waals surface area (Å²) in [6.45, 7) is 3.61. The molecule has 0 radical (unpaired) electrons. The van der Waals surface area contributed by atoms with Crippen molar-refractivity contribution in [1.29, 1.82) is 0 Å². The summed E-state index contributed by atoms with van der Waals surface area (Å²) in [5, 5.41) is 8.55. The quantitative estimate of drug-likeness (QED) is 0.794. The van der Waals surface area contributed by atoms with Crippen LogP contribution in [0.15, 0.2) is 18.2 Å². The maximum atomic E-state index is 13.9. The average Bonchev–Trinajstić information content (AvgIpc) is 2.64. The molecule has 16 heavy (non-hydrogen) atoms. The van der Waals surface area contributed by atoms with Crippen LogP contribution in [0, 0.1) is 19.7 Å². The van der Waals surface area contributed by atoms with Crippen LogP contribution in [0.1, 0.15) is 17.0 Å². The molecule has 0 N–H and O–H groups in total. The van der Waals surface area contributed by atoms with Crippen LogP contribution in [0.25, 0.3) is 5.69 Å². The highest BCUT2D eigenvalue weighted by atomic mass is 79.9. The third-order valence-corrected chi connectivity index (χ3v) is 3.05. The van der Waals surface area contributed by atoms with E-state index in [4.69, 9.17) is 0 Å². The molecule has 1 heterocycles. The monoisotopic (exact) mass is 283 g/mol. The van der Waals surface area contributed by atoms with Crippen LogP contribution in [-0.4, -0.2) is 15.0 Å². The van der Waals surface area contributed by atoms with Gasteiger partial charge in [0.25, 0.3) is 0 Å². The number of hydrogen-bond donors (Lipinski definition) is 0. The van der Waals surface area contributed by atoms with Crippen molar-refractivity contribution in [2.24, 2.45) is 0 Å². The number of hydrogen-bond acceptors (Lipinski definition) is 2. The van der Waals surface area contributed by atoms with Gasteiger partial charge in [-0.05, 0) is 25.5 Å². The first kappa shape index (κ1) is 11.3. The molecule has 0 aliphatic carbocycles. The number of nitrogens with zero attached hydrogens (tertiary/aromatic N) is 3. The zero-order valence-corrected chi connectivity index (χ0v) is 10.6. The van der Waals surface area contributed by atoms with Gasteiger partial charge in [0.1, 0.15) is 5.69 Å². The molecule has 0 spiro atoms. The first-order valence-electron chi connectivity index (χ1n) is 4.87. The Balaban J connectivity index is 2.59. The molecular weight excluding hydrogens is 273 g/mol. The molecule has 0 unspecified atom stereocenters. The Hall–Kier alpha value is -1.23. The summed E-state index contributed by atoms with van der Waals surface area (Å²) >= 11 is 3.32. The standard InChI is InChI=1S/C11H11BrFN3/c1-7-4-3-5-10(11(7)13)16-8(2)9(6-12)14-15-16/h3-5H,6H2,1-2H3. The van der Waals surface area contributed by atoms with Crippen LogP contribution in [0.4, 0.5) is 4.39 Å². The van der Waals surface area contributed by atoms with Crippen molar-refractivity contribution in [3.8, 4) is 5.69 Å². The fraction of sp³-hybridized carbons (Fsp3) is 0.273. The van der Waals surface area contributed by atoms with E-state index >= 15 is 0 Å². The van der Waals surface area contributed by atoms with E-state index < -0.39 is 0 Å². The van der Waals surface area contributed by atoms with Gasteiger partial charge < -0.3 is 0 Å². The summed E-state index contributed by atoms with van der Waals surface area (Å²) in [6.07, 6.45) is 0. The number of halogens is 2. The molecule has 84 valence electrons.